The summed E-state index contributed by atoms with van der Waals surface area (Å²) >= 11 is 4.60. The Kier molecular flexibility index (Phi) is 4.81. The van der Waals surface area contributed by atoms with E-state index in [0.29, 0.717) is 0 Å². The molecule has 0 bridgehead atoms. The smallest absolute Gasteiger partial charge is 0.184 e. The van der Waals surface area contributed by atoms with E-state index in [0.717, 1.165) is 12.8 Å². The predicted octanol–water partition coefficient (Wildman–Crippen LogP) is 1.63. The van der Waals surface area contributed by atoms with Gasteiger partial charge in [-0.3, -0.25) is 5.43 Å². The lowest BCUT2D eigenvalue weighted by Crippen LogP contribution is -2.25. The van der Waals surface area contributed by atoms with E-state index in [9.17, 15) is 0 Å². The van der Waals surface area contributed by atoms with Crippen LogP contribution in [0.25, 0.3) is 0 Å². The van der Waals surface area contributed by atoms with Gasteiger partial charge in [-0.2, -0.15) is 5.10 Å². The Labute approximate surface area is 79.4 Å². The van der Waals surface area contributed by atoms with E-state index in [4.69, 9.17) is 5.73 Å². The van der Waals surface area contributed by atoms with E-state index in [1.165, 1.54) is 0 Å². The Bertz CT molecular complexity index is 175. The van der Waals surface area contributed by atoms with Crippen LogP contribution in [0.3, 0.4) is 0 Å². The molecule has 70 valence electrons. The van der Waals surface area contributed by atoms with Crippen molar-refractivity contribution in [3.63, 3.8) is 0 Å². The Morgan fingerprint density at radius 1 is 1.67 bits per heavy atom. The van der Waals surface area contributed by atoms with Crippen LogP contribution in [-0.4, -0.2) is 11.3 Å². The molecule has 0 unspecified atom stereocenters. The van der Waals surface area contributed by atoms with E-state index in [1.807, 2.05) is 6.21 Å². The molecule has 0 aromatic rings. The summed E-state index contributed by atoms with van der Waals surface area (Å²) in [7, 11) is 0. The van der Waals surface area contributed by atoms with Gasteiger partial charge in [0.15, 0.2) is 5.11 Å². The molecule has 0 aromatic carbocycles. The molecule has 0 amide bonds. The SMILES string of the molecule is CCCC(C)(C)/C=N\NC(N)=S. The number of nitrogens with one attached hydrogen (secondary N) is 1. The summed E-state index contributed by atoms with van der Waals surface area (Å²) in [4.78, 5) is 0. The van der Waals surface area contributed by atoms with Crippen molar-refractivity contribution in [2.45, 2.75) is 33.6 Å². The average molecular weight is 187 g/mol. The molecule has 0 aliphatic heterocycles. The minimum absolute atomic E-state index is 0.118. The van der Waals surface area contributed by atoms with Gasteiger partial charge in [-0.25, -0.2) is 0 Å². The highest BCUT2D eigenvalue weighted by atomic mass is 32.1. The predicted molar refractivity (Wildman–Crippen MR) is 57.1 cm³/mol. The Hall–Kier alpha value is -0.640. The maximum Gasteiger partial charge on any atom is 0.184 e. The molecule has 0 aliphatic rings. The van der Waals surface area contributed by atoms with Crippen LogP contribution in [0.2, 0.25) is 0 Å². The molecule has 0 aromatic heterocycles. The third-order valence-electron chi connectivity index (χ3n) is 1.48. The first-order valence-electron chi connectivity index (χ1n) is 4.07. The maximum absolute atomic E-state index is 5.20. The molecule has 0 heterocycles. The highest BCUT2D eigenvalue weighted by Crippen LogP contribution is 2.18. The Balaban J connectivity index is 3.86. The van der Waals surface area contributed by atoms with Gasteiger partial charge in [-0.15, -0.1) is 0 Å². The zero-order valence-electron chi connectivity index (χ0n) is 7.92. The standard InChI is InChI=1S/C8H17N3S/c1-4-5-8(2,3)6-10-11-7(9)12/h6H,4-5H2,1-3H3,(H3,9,11,12)/b10-6-. The molecule has 0 rings (SSSR count). The van der Waals surface area contributed by atoms with Crippen molar-refractivity contribution in [1.29, 1.82) is 0 Å². The normalized spacial score (nSPS) is 11.9. The molecule has 0 aliphatic carbocycles. The summed E-state index contributed by atoms with van der Waals surface area (Å²) in [5.74, 6) is 0. The largest absolute Gasteiger partial charge is 0.375 e. The van der Waals surface area contributed by atoms with Gasteiger partial charge in [0.1, 0.15) is 0 Å². The fourth-order valence-corrected chi connectivity index (χ4v) is 1.03. The molecule has 0 saturated heterocycles. The van der Waals surface area contributed by atoms with Crippen LogP contribution >= 0.6 is 12.2 Å². The lowest BCUT2D eigenvalue weighted by atomic mass is 9.90. The van der Waals surface area contributed by atoms with Crippen molar-refractivity contribution in [1.82, 2.24) is 5.43 Å². The van der Waals surface area contributed by atoms with Crippen molar-refractivity contribution in [2.24, 2.45) is 16.3 Å². The number of thiocarbonyl (C=S) groups is 1. The number of rotatable bonds is 4. The molecule has 3 N–H and O–H groups in total. The zero-order chi connectivity index (χ0) is 9.61. The van der Waals surface area contributed by atoms with Crippen LogP contribution in [0.15, 0.2) is 5.10 Å². The van der Waals surface area contributed by atoms with Gasteiger partial charge in [0.05, 0.1) is 0 Å². The molecular formula is C8H17N3S. The molecular weight excluding hydrogens is 170 g/mol. The van der Waals surface area contributed by atoms with Crippen molar-refractivity contribution in [3.05, 3.63) is 0 Å². The third-order valence-corrected chi connectivity index (χ3v) is 1.57. The minimum atomic E-state index is 0.118. The first-order chi connectivity index (χ1) is 5.48. The lowest BCUT2D eigenvalue weighted by molar-refractivity contribution is 0.478. The van der Waals surface area contributed by atoms with Gasteiger partial charge >= 0.3 is 0 Å². The number of hydrogen-bond donors (Lipinski definition) is 2. The van der Waals surface area contributed by atoms with Crippen molar-refractivity contribution in [2.75, 3.05) is 0 Å². The topological polar surface area (TPSA) is 50.4 Å². The van der Waals surface area contributed by atoms with E-state index in [2.05, 4.69) is 43.5 Å². The Morgan fingerprint density at radius 2 is 2.25 bits per heavy atom. The second-order valence-electron chi connectivity index (χ2n) is 3.47. The van der Waals surface area contributed by atoms with Crippen LogP contribution in [0, 0.1) is 5.41 Å². The van der Waals surface area contributed by atoms with E-state index < -0.39 is 0 Å². The van der Waals surface area contributed by atoms with Gasteiger partial charge in [0, 0.05) is 11.6 Å². The number of nitrogens with zero attached hydrogens (tertiary/aromatic N) is 1. The summed E-state index contributed by atoms with van der Waals surface area (Å²) in [5, 5.41) is 4.13. The molecule has 0 saturated carbocycles. The van der Waals surface area contributed by atoms with Crippen LogP contribution in [0.5, 0.6) is 0 Å². The quantitative estimate of drug-likeness (QED) is 0.399. The maximum atomic E-state index is 5.20. The zero-order valence-corrected chi connectivity index (χ0v) is 8.74. The Morgan fingerprint density at radius 3 is 2.67 bits per heavy atom. The first-order valence-corrected chi connectivity index (χ1v) is 4.48. The molecule has 0 atom stereocenters. The molecule has 3 nitrogen and oxygen atoms in total. The van der Waals surface area contributed by atoms with Crippen LogP contribution in [0.4, 0.5) is 0 Å². The highest BCUT2D eigenvalue weighted by Gasteiger charge is 2.12. The van der Waals surface area contributed by atoms with E-state index in [1.54, 1.807) is 0 Å². The van der Waals surface area contributed by atoms with E-state index >= 15 is 0 Å². The minimum Gasteiger partial charge on any atom is -0.375 e. The van der Waals surface area contributed by atoms with Gasteiger partial charge in [-0.05, 0) is 18.6 Å². The van der Waals surface area contributed by atoms with Gasteiger partial charge in [0.2, 0.25) is 0 Å². The lowest BCUT2D eigenvalue weighted by Gasteiger charge is -2.17. The summed E-state index contributed by atoms with van der Waals surface area (Å²) in [5.41, 5.74) is 7.86. The summed E-state index contributed by atoms with van der Waals surface area (Å²) in [6.45, 7) is 6.40. The fourth-order valence-electron chi connectivity index (χ4n) is 0.980. The van der Waals surface area contributed by atoms with Crippen molar-refractivity contribution in [3.8, 4) is 0 Å². The van der Waals surface area contributed by atoms with Crippen LogP contribution in [-0.2, 0) is 0 Å². The average Bonchev–Trinajstić information content (AvgIpc) is 1.85. The monoisotopic (exact) mass is 187 g/mol. The molecule has 12 heavy (non-hydrogen) atoms. The van der Waals surface area contributed by atoms with Crippen molar-refractivity contribution >= 4 is 23.5 Å². The number of nitrogens with two attached hydrogens (primary N) is 1. The van der Waals surface area contributed by atoms with Gasteiger partial charge in [0.25, 0.3) is 0 Å². The third kappa shape index (κ3) is 6.09. The summed E-state index contributed by atoms with van der Waals surface area (Å²) in [6, 6.07) is 0. The molecule has 4 heteroatoms. The van der Waals surface area contributed by atoms with E-state index in [-0.39, 0.29) is 10.5 Å². The van der Waals surface area contributed by atoms with Crippen LogP contribution < -0.4 is 11.2 Å². The highest BCUT2D eigenvalue weighted by molar-refractivity contribution is 7.80. The van der Waals surface area contributed by atoms with Gasteiger partial charge < -0.3 is 5.73 Å². The second kappa shape index (κ2) is 5.09. The molecule has 0 fully saturated rings. The number of hydrazone groups is 1. The molecule has 0 spiro atoms. The van der Waals surface area contributed by atoms with Crippen LogP contribution in [0.1, 0.15) is 33.6 Å². The second-order valence-corrected chi connectivity index (χ2v) is 3.91. The summed E-state index contributed by atoms with van der Waals surface area (Å²) < 4.78 is 0. The van der Waals surface area contributed by atoms with Crippen molar-refractivity contribution < 1.29 is 0 Å². The first kappa shape index (κ1) is 11.4. The summed E-state index contributed by atoms with van der Waals surface area (Å²) in [6.07, 6.45) is 4.09. The number of hydrogen-bond acceptors (Lipinski definition) is 2. The molecule has 0 radical (unpaired) electrons. The fraction of sp³-hybridized carbons (Fsp3) is 0.750. The van der Waals surface area contributed by atoms with Gasteiger partial charge in [-0.1, -0.05) is 27.2 Å².